The van der Waals surface area contributed by atoms with Gasteiger partial charge in [-0.15, -0.1) is 0 Å². The summed E-state index contributed by atoms with van der Waals surface area (Å²) in [7, 11) is 0. The summed E-state index contributed by atoms with van der Waals surface area (Å²) in [6.45, 7) is 2.29. The van der Waals surface area contributed by atoms with E-state index < -0.39 is 0 Å². The Morgan fingerprint density at radius 3 is 2.48 bits per heavy atom. The standard InChI is InChI=1S/C23H17FN4O/c1-15-25-22(19-7-6-16-4-2-3-5-18(16)12-19)28(27-15)13-21-14-29-23(26-21)17-8-10-20(24)11-9-17/h2-12,14H,13H2,1H3. The van der Waals surface area contributed by atoms with Crippen molar-refractivity contribution in [3.8, 4) is 22.8 Å². The number of aryl methyl sites for hydroxylation is 1. The zero-order valence-electron chi connectivity index (χ0n) is 15.7. The Labute approximate surface area is 166 Å². The van der Waals surface area contributed by atoms with Crippen LogP contribution >= 0.6 is 0 Å². The molecule has 0 fully saturated rings. The van der Waals surface area contributed by atoms with Gasteiger partial charge in [0.2, 0.25) is 5.89 Å². The molecule has 0 bridgehead atoms. The summed E-state index contributed by atoms with van der Waals surface area (Å²) in [4.78, 5) is 9.13. The average molecular weight is 384 g/mol. The molecule has 29 heavy (non-hydrogen) atoms. The molecule has 142 valence electrons. The maximum Gasteiger partial charge on any atom is 0.226 e. The second-order valence-corrected chi connectivity index (χ2v) is 6.85. The zero-order chi connectivity index (χ0) is 19.8. The smallest absolute Gasteiger partial charge is 0.226 e. The van der Waals surface area contributed by atoms with E-state index >= 15 is 0 Å². The lowest BCUT2D eigenvalue weighted by atomic mass is 10.1. The summed E-state index contributed by atoms with van der Waals surface area (Å²) in [6.07, 6.45) is 1.60. The SMILES string of the molecule is Cc1nc(-c2ccc3ccccc3c2)n(Cc2coc(-c3ccc(F)cc3)n2)n1. The van der Waals surface area contributed by atoms with E-state index in [2.05, 4.69) is 45.4 Å². The van der Waals surface area contributed by atoms with Crippen LogP contribution in [0, 0.1) is 12.7 Å². The van der Waals surface area contributed by atoms with Gasteiger partial charge < -0.3 is 4.42 Å². The Balaban J connectivity index is 1.47. The summed E-state index contributed by atoms with van der Waals surface area (Å²) in [6, 6.07) is 20.5. The van der Waals surface area contributed by atoms with E-state index in [1.54, 1.807) is 18.4 Å². The van der Waals surface area contributed by atoms with Crippen molar-refractivity contribution in [3.05, 3.63) is 90.3 Å². The van der Waals surface area contributed by atoms with Crippen molar-refractivity contribution < 1.29 is 8.81 Å². The van der Waals surface area contributed by atoms with Gasteiger partial charge in [-0.3, -0.25) is 0 Å². The Hall–Kier alpha value is -3.80. The van der Waals surface area contributed by atoms with Gasteiger partial charge >= 0.3 is 0 Å². The van der Waals surface area contributed by atoms with Crippen LogP contribution in [0.3, 0.4) is 0 Å². The third-order valence-corrected chi connectivity index (χ3v) is 4.74. The molecule has 2 aromatic heterocycles. The molecule has 0 aliphatic carbocycles. The summed E-state index contributed by atoms with van der Waals surface area (Å²) in [5.74, 6) is 1.62. The largest absolute Gasteiger partial charge is 0.444 e. The lowest BCUT2D eigenvalue weighted by Crippen LogP contribution is -2.04. The van der Waals surface area contributed by atoms with Gasteiger partial charge in [-0.1, -0.05) is 36.4 Å². The average Bonchev–Trinajstić information content (AvgIpc) is 3.35. The highest BCUT2D eigenvalue weighted by Crippen LogP contribution is 2.25. The fourth-order valence-corrected chi connectivity index (χ4v) is 3.37. The van der Waals surface area contributed by atoms with Crippen LogP contribution in [0.4, 0.5) is 4.39 Å². The number of oxazole rings is 1. The van der Waals surface area contributed by atoms with E-state index in [1.165, 1.54) is 17.5 Å². The number of nitrogens with zero attached hydrogens (tertiary/aromatic N) is 4. The highest BCUT2D eigenvalue weighted by Gasteiger charge is 2.14. The van der Waals surface area contributed by atoms with Crippen LogP contribution in [-0.2, 0) is 6.54 Å². The van der Waals surface area contributed by atoms with E-state index in [-0.39, 0.29) is 5.82 Å². The molecule has 0 saturated heterocycles. The lowest BCUT2D eigenvalue weighted by molar-refractivity contribution is 0.569. The molecule has 0 radical (unpaired) electrons. The van der Waals surface area contributed by atoms with Crippen molar-refractivity contribution in [1.29, 1.82) is 0 Å². The van der Waals surface area contributed by atoms with Crippen LogP contribution in [-0.4, -0.2) is 19.7 Å². The fourth-order valence-electron chi connectivity index (χ4n) is 3.37. The molecule has 5 rings (SSSR count). The van der Waals surface area contributed by atoms with Crippen molar-refractivity contribution in [2.45, 2.75) is 13.5 Å². The third-order valence-electron chi connectivity index (χ3n) is 4.74. The molecule has 0 spiro atoms. The first-order valence-electron chi connectivity index (χ1n) is 9.27. The van der Waals surface area contributed by atoms with Gasteiger partial charge in [-0.2, -0.15) is 5.10 Å². The number of fused-ring (bicyclic) bond motifs is 1. The highest BCUT2D eigenvalue weighted by atomic mass is 19.1. The van der Waals surface area contributed by atoms with Gasteiger partial charge in [-0.25, -0.2) is 19.0 Å². The Morgan fingerprint density at radius 2 is 1.66 bits per heavy atom. The quantitative estimate of drug-likeness (QED) is 0.425. The minimum absolute atomic E-state index is 0.293. The monoisotopic (exact) mass is 384 g/mol. The van der Waals surface area contributed by atoms with E-state index in [1.807, 2.05) is 23.7 Å². The van der Waals surface area contributed by atoms with Crippen molar-refractivity contribution in [2.75, 3.05) is 0 Å². The number of hydrogen-bond acceptors (Lipinski definition) is 4. The molecule has 0 amide bonds. The number of halogens is 1. The predicted molar refractivity (Wildman–Crippen MR) is 109 cm³/mol. The molecule has 5 aromatic rings. The van der Waals surface area contributed by atoms with Gasteiger partial charge in [-0.05, 0) is 48.0 Å². The molecule has 0 saturated carbocycles. The lowest BCUT2D eigenvalue weighted by Gasteiger charge is -2.05. The van der Waals surface area contributed by atoms with E-state index in [9.17, 15) is 4.39 Å². The zero-order valence-corrected chi connectivity index (χ0v) is 15.7. The van der Waals surface area contributed by atoms with E-state index in [4.69, 9.17) is 4.42 Å². The summed E-state index contributed by atoms with van der Waals surface area (Å²) < 4.78 is 20.5. The first kappa shape index (κ1) is 17.3. The van der Waals surface area contributed by atoms with Gasteiger partial charge in [0.1, 0.15) is 23.6 Å². The molecular formula is C23H17FN4O. The highest BCUT2D eigenvalue weighted by molar-refractivity contribution is 5.86. The Bertz CT molecular complexity index is 1300. The summed E-state index contributed by atoms with van der Waals surface area (Å²) >= 11 is 0. The van der Waals surface area contributed by atoms with Crippen LogP contribution < -0.4 is 0 Å². The third kappa shape index (κ3) is 3.40. The molecule has 6 heteroatoms. The molecule has 0 N–H and O–H groups in total. The summed E-state index contributed by atoms with van der Waals surface area (Å²) in [5.41, 5.74) is 2.44. The summed E-state index contributed by atoms with van der Waals surface area (Å²) in [5, 5.41) is 6.86. The van der Waals surface area contributed by atoms with E-state index in [0.717, 1.165) is 28.0 Å². The normalized spacial score (nSPS) is 11.2. The first-order chi connectivity index (χ1) is 14.2. The molecular weight excluding hydrogens is 367 g/mol. The maximum atomic E-state index is 13.1. The number of rotatable bonds is 4. The molecule has 0 atom stereocenters. The van der Waals surface area contributed by atoms with Gasteiger partial charge in [0.15, 0.2) is 5.82 Å². The molecule has 3 aromatic carbocycles. The topological polar surface area (TPSA) is 56.7 Å². The maximum absolute atomic E-state index is 13.1. The van der Waals surface area contributed by atoms with Crippen LogP contribution in [0.1, 0.15) is 11.5 Å². The van der Waals surface area contributed by atoms with Gasteiger partial charge in [0.25, 0.3) is 0 Å². The van der Waals surface area contributed by atoms with Crippen molar-refractivity contribution >= 4 is 10.8 Å². The van der Waals surface area contributed by atoms with Crippen molar-refractivity contribution in [2.24, 2.45) is 0 Å². The van der Waals surface area contributed by atoms with Crippen LogP contribution in [0.2, 0.25) is 0 Å². The van der Waals surface area contributed by atoms with Crippen LogP contribution in [0.5, 0.6) is 0 Å². The molecule has 0 aliphatic rings. The number of benzene rings is 3. The minimum Gasteiger partial charge on any atom is -0.444 e. The van der Waals surface area contributed by atoms with E-state index in [0.29, 0.717) is 18.3 Å². The number of aromatic nitrogens is 4. The van der Waals surface area contributed by atoms with Crippen LogP contribution in [0.25, 0.3) is 33.6 Å². The molecule has 5 nitrogen and oxygen atoms in total. The minimum atomic E-state index is -0.293. The predicted octanol–water partition coefficient (Wildman–Crippen LogP) is 5.25. The second-order valence-electron chi connectivity index (χ2n) is 6.85. The van der Waals surface area contributed by atoms with Crippen LogP contribution in [0.15, 0.2) is 77.4 Å². The molecule has 0 aliphatic heterocycles. The Morgan fingerprint density at radius 1 is 0.897 bits per heavy atom. The first-order valence-corrected chi connectivity index (χ1v) is 9.27. The molecule has 2 heterocycles. The Kier molecular flexibility index (Phi) is 4.17. The van der Waals surface area contributed by atoms with Gasteiger partial charge in [0, 0.05) is 11.1 Å². The molecule has 0 unspecified atom stereocenters. The fraction of sp³-hybridized carbons (Fsp3) is 0.0870. The second kappa shape index (κ2) is 6.98. The van der Waals surface area contributed by atoms with Gasteiger partial charge in [0.05, 0.1) is 6.54 Å². The number of hydrogen-bond donors (Lipinski definition) is 0. The van der Waals surface area contributed by atoms with Crippen molar-refractivity contribution in [1.82, 2.24) is 19.7 Å². The van der Waals surface area contributed by atoms with Crippen molar-refractivity contribution in [3.63, 3.8) is 0 Å².